The van der Waals surface area contributed by atoms with Gasteiger partial charge in [-0.05, 0) is 36.1 Å². The molecule has 0 radical (unpaired) electrons. The van der Waals surface area contributed by atoms with Crippen LogP contribution in [0.25, 0.3) is 10.8 Å². The highest BCUT2D eigenvalue weighted by atomic mass is 16.3. The first-order valence-corrected chi connectivity index (χ1v) is 7.07. The summed E-state index contributed by atoms with van der Waals surface area (Å²) < 4.78 is 0. The zero-order chi connectivity index (χ0) is 15.5. The molecule has 2 N–H and O–H groups in total. The third kappa shape index (κ3) is 2.97. The lowest BCUT2D eigenvalue weighted by atomic mass is 10.1. The highest BCUT2D eigenvalue weighted by molar-refractivity contribution is 6.04. The Balaban J connectivity index is 1.85. The molecule has 0 fully saturated rings. The van der Waals surface area contributed by atoms with Gasteiger partial charge in [0.15, 0.2) is 0 Å². The van der Waals surface area contributed by atoms with Crippen molar-refractivity contribution in [1.82, 2.24) is 4.98 Å². The smallest absolute Gasteiger partial charge is 0.274 e. The number of aromatic nitrogens is 1. The average Bonchev–Trinajstić information content (AvgIpc) is 2.54. The van der Waals surface area contributed by atoms with Gasteiger partial charge in [0, 0.05) is 17.3 Å². The summed E-state index contributed by atoms with van der Waals surface area (Å²) in [5.41, 5.74) is 1.75. The Kier molecular flexibility index (Phi) is 3.85. The Bertz CT molecular complexity index is 828. The molecular weight excluding hydrogens is 276 g/mol. The first-order valence-electron chi connectivity index (χ1n) is 7.07. The fourth-order valence-electron chi connectivity index (χ4n) is 2.28. The number of aliphatic hydroxyl groups is 1. The molecule has 22 heavy (non-hydrogen) atoms. The summed E-state index contributed by atoms with van der Waals surface area (Å²) in [6.07, 6.45) is 1.12. The van der Waals surface area contributed by atoms with Gasteiger partial charge >= 0.3 is 0 Å². The monoisotopic (exact) mass is 292 g/mol. The van der Waals surface area contributed by atoms with E-state index in [-0.39, 0.29) is 5.91 Å². The topological polar surface area (TPSA) is 62.2 Å². The third-order valence-electron chi connectivity index (χ3n) is 3.49. The molecule has 2 aromatic carbocycles. The molecule has 0 aliphatic carbocycles. The molecule has 3 rings (SSSR count). The van der Waals surface area contributed by atoms with E-state index in [4.69, 9.17) is 0 Å². The van der Waals surface area contributed by atoms with Gasteiger partial charge in [0.1, 0.15) is 5.69 Å². The van der Waals surface area contributed by atoms with Gasteiger partial charge in [-0.25, -0.2) is 0 Å². The Morgan fingerprint density at radius 1 is 1.09 bits per heavy atom. The summed E-state index contributed by atoms with van der Waals surface area (Å²) in [7, 11) is 0. The molecule has 0 spiro atoms. The van der Waals surface area contributed by atoms with Crippen LogP contribution in [0.15, 0.2) is 60.8 Å². The highest BCUT2D eigenvalue weighted by Crippen LogP contribution is 2.18. The predicted octanol–water partition coefficient (Wildman–Crippen LogP) is 3.54. The molecule has 110 valence electrons. The maximum Gasteiger partial charge on any atom is 0.274 e. The number of amides is 1. The van der Waals surface area contributed by atoms with Crippen molar-refractivity contribution in [3.05, 3.63) is 72.1 Å². The SMILES string of the molecule is CC(O)c1cccc(NC(=O)c2cc3ccccc3cn2)c1. The number of nitrogens with one attached hydrogen (secondary N) is 1. The summed E-state index contributed by atoms with van der Waals surface area (Å²) in [6, 6.07) is 16.7. The minimum absolute atomic E-state index is 0.270. The quantitative estimate of drug-likeness (QED) is 0.776. The summed E-state index contributed by atoms with van der Waals surface area (Å²) in [6.45, 7) is 1.69. The van der Waals surface area contributed by atoms with E-state index in [1.807, 2.05) is 30.3 Å². The molecule has 4 heteroatoms. The van der Waals surface area contributed by atoms with Gasteiger partial charge in [-0.3, -0.25) is 9.78 Å². The zero-order valence-corrected chi connectivity index (χ0v) is 12.2. The normalized spacial score (nSPS) is 12.1. The Morgan fingerprint density at radius 3 is 2.64 bits per heavy atom. The number of nitrogens with zero attached hydrogens (tertiary/aromatic N) is 1. The van der Waals surface area contributed by atoms with Crippen molar-refractivity contribution >= 4 is 22.4 Å². The van der Waals surface area contributed by atoms with Crippen LogP contribution in [0.5, 0.6) is 0 Å². The van der Waals surface area contributed by atoms with Crippen molar-refractivity contribution in [2.75, 3.05) is 5.32 Å². The average molecular weight is 292 g/mol. The van der Waals surface area contributed by atoms with Gasteiger partial charge < -0.3 is 10.4 Å². The number of hydrogen-bond donors (Lipinski definition) is 2. The fourth-order valence-corrected chi connectivity index (χ4v) is 2.28. The van der Waals surface area contributed by atoms with Crippen molar-refractivity contribution in [1.29, 1.82) is 0 Å². The van der Waals surface area contributed by atoms with E-state index in [0.717, 1.165) is 16.3 Å². The molecule has 1 atom stereocenters. The number of fused-ring (bicyclic) bond motifs is 1. The van der Waals surface area contributed by atoms with Crippen LogP contribution < -0.4 is 5.32 Å². The largest absolute Gasteiger partial charge is 0.389 e. The van der Waals surface area contributed by atoms with Crippen LogP contribution in [0.1, 0.15) is 29.1 Å². The molecule has 0 saturated heterocycles. The molecule has 1 aromatic heterocycles. The Morgan fingerprint density at radius 2 is 1.86 bits per heavy atom. The van der Waals surface area contributed by atoms with Crippen molar-refractivity contribution in [3.8, 4) is 0 Å². The van der Waals surface area contributed by atoms with Gasteiger partial charge in [-0.15, -0.1) is 0 Å². The van der Waals surface area contributed by atoms with Crippen LogP contribution in [0, 0.1) is 0 Å². The van der Waals surface area contributed by atoms with Crippen LogP contribution >= 0.6 is 0 Å². The lowest BCUT2D eigenvalue weighted by Crippen LogP contribution is -2.13. The first kappa shape index (κ1) is 14.2. The van der Waals surface area contributed by atoms with Gasteiger partial charge in [0.2, 0.25) is 0 Å². The van der Waals surface area contributed by atoms with E-state index in [0.29, 0.717) is 11.4 Å². The first-order chi connectivity index (χ1) is 10.6. The fraction of sp³-hybridized carbons (Fsp3) is 0.111. The van der Waals surface area contributed by atoms with Crippen LogP contribution in [-0.2, 0) is 0 Å². The van der Waals surface area contributed by atoms with Crippen LogP contribution in [-0.4, -0.2) is 16.0 Å². The number of aliphatic hydroxyl groups excluding tert-OH is 1. The highest BCUT2D eigenvalue weighted by Gasteiger charge is 2.09. The van der Waals surface area contributed by atoms with Gasteiger partial charge in [0.05, 0.1) is 6.10 Å². The van der Waals surface area contributed by atoms with E-state index >= 15 is 0 Å². The predicted molar refractivity (Wildman–Crippen MR) is 86.8 cm³/mol. The molecule has 0 aliphatic heterocycles. The summed E-state index contributed by atoms with van der Waals surface area (Å²) in [5.74, 6) is -0.270. The van der Waals surface area contributed by atoms with Gasteiger partial charge in [-0.2, -0.15) is 0 Å². The molecule has 0 bridgehead atoms. The van der Waals surface area contributed by atoms with Crippen LogP contribution in [0.2, 0.25) is 0 Å². The molecular formula is C18H16N2O2. The lowest BCUT2D eigenvalue weighted by Gasteiger charge is -2.09. The van der Waals surface area contributed by atoms with E-state index in [1.165, 1.54) is 0 Å². The van der Waals surface area contributed by atoms with Gasteiger partial charge in [-0.1, -0.05) is 36.4 Å². The van der Waals surface area contributed by atoms with E-state index < -0.39 is 6.10 Å². The second-order valence-electron chi connectivity index (χ2n) is 5.17. The van der Waals surface area contributed by atoms with Crippen molar-refractivity contribution in [2.24, 2.45) is 0 Å². The number of carbonyl (C=O) groups is 1. The molecule has 1 unspecified atom stereocenters. The maximum absolute atomic E-state index is 12.3. The van der Waals surface area contributed by atoms with Crippen LogP contribution in [0.3, 0.4) is 0 Å². The summed E-state index contributed by atoms with van der Waals surface area (Å²) >= 11 is 0. The summed E-state index contributed by atoms with van der Waals surface area (Å²) in [4.78, 5) is 16.5. The standard InChI is InChI=1S/C18H16N2O2/c1-12(21)13-7-4-8-16(9-13)20-18(22)17-10-14-5-2-3-6-15(14)11-19-17/h2-12,21H,1H3,(H,20,22). The number of pyridine rings is 1. The van der Waals surface area contributed by atoms with Crippen molar-refractivity contribution in [3.63, 3.8) is 0 Å². The maximum atomic E-state index is 12.3. The Labute approximate surface area is 128 Å². The third-order valence-corrected chi connectivity index (χ3v) is 3.49. The molecule has 0 saturated carbocycles. The number of hydrogen-bond acceptors (Lipinski definition) is 3. The minimum Gasteiger partial charge on any atom is -0.389 e. The lowest BCUT2D eigenvalue weighted by molar-refractivity contribution is 0.102. The summed E-state index contributed by atoms with van der Waals surface area (Å²) in [5, 5.41) is 14.4. The molecule has 1 amide bonds. The molecule has 1 heterocycles. The Hall–Kier alpha value is -2.72. The van der Waals surface area contributed by atoms with Crippen LogP contribution in [0.4, 0.5) is 5.69 Å². The zero-order valence-electron chi connectivity index (χ0n) is 12.2. The van der Waals surface area contributed by atoms with Gasteiger partial charge in [0.25, 0.3) is 5.91 Å². The van der Waals surface area contributed by atoms with Crippen molar-refractivity contribution in [2.45, 2.75) is 13.0 Å². The number of rotatable bonds is 3. The van der Waals surface area contributed by atoms with E-state index in [9.17, 15) is 9.90 Å². The second-order valence-corrected chi connectivity index (χ2v) is 5.17. The van der Waals surface area contributed by atoms with Crippen molar-refractivity contribution < 1.29 is 9.90 Å². The minimum atomic E-state index is -0.573. The molecule has 0 aliphatic rings. The molecule has 3 aromatic rings. The van der Waals surface area contributed by atoms with E-state index in [2.05, 4.69) is 10.3 Å². The second kappa shape index (κ2) is 5.95. The molecule has 4 nitrogen and oxygen atoms in total. The van der Waals surface area contributed by atoms with E-state index in [1.54, 1.807) is 37.4 Å². The number of carbonyl (C=O) groups excluding carboxylic acids is 1. The number of anilines is 1. The number of benzene rings is 2.